The van der Waals surface area contributed by atoms with E-state index >= 15 is 0 Å². The Morgan fingerprint density at radius 1 is 1.36 bits per heavy atom. The normalized spacial score (nSPS) is 17.1. The predicted molar refractivity (Wildman–Crippen MR) is 87.2 cm³/mol. The molecule has 1 aromatic rings. The first-order chi connectivity index (χ1) is 10.3. The average Bonchev–Trinajstić information content (AvgIpc) is 2.35. The van der Waals surface area contributed by atoms with Crippen molar-refractivity contribution in [1.29, 1.82) is 0 Å². The first-order valence-electron chi connectivity index (χ1n) is 7.23. The molecule has 7 heteroatoms. The first-order valence-corrected chi connectivity index (χ1v) is 9.46. The van der Waals surface area contributed by atoms with E-state index < -0.39 is 10.0 Å². The molecule has 122 valence electrons. The van der Waals surface area contributed by atoms with E-state index in [2.05, 4.69) is 5.32 Å². The monoisotopic (exact) mass is 344 g/mol. The molecule has 22 heavy (non-hydrogen) atoms. The minimum absolute atomic E-state index is 0.0912. The summed E-state index contributed by atoms with van der Waals surface area (Å²) < 4.78 is 23.8. The number of hydrogen-bond acceptors (Lipinski definition) is 3. The molecule has 0 saturated heterocycles. The Kier molecular flexibility index (Phi) is 5.47. The molecule has 0 aromatic heterocycles. The number of nitrogens with one attached hydrogen (secondary N) is 1. The molecule has 0 bridgehead atoms. The fourth-order valence-electron chi connectivity index (χ4n) is 2.46. The van der Waals surface area contributed by atoms with Crippen molar-refractivity contribution in [2.24, 2.45) is 5.92 Å². The number of halogens is 1. The van der Waals surface area contributed by atoms with Gasteiger partial charge in [-0.25, -0.2) is 8.42 Å². The van der Waals surface area contributed by atoms with Crippen LogP contribution in [0.25, 0.3) is 0 Å². The van der Waals surface area contributed by atoms with E-state index in [1.165, 1.54) is 7.05 Å². The Balaban J connectivity index is 2.07. The highest BCUT2D eigenvalue weighted by Gasteiger charge is 2.30. The summed E-state index contributed by atoms with van der Waals surface area (Å²) in [4.78, 5) is 12.2. The standard InChI is InChI=1S/C15H21ClN2O3S/c1-18(22(2,20)21)10-14(19)17-15(11-4-3-5-11)12-6-8-13(16)9-7-12/h6-9,11,15H,3-5,10H2,1-2H3,(H,17,19)/t15-/m0/s1. The van der Waals surface area contributed by atoms with Gasteiger partial charge in [-0.15, -0.1) is 0 Å². The molecule has 1 saturated carbocycles. The summed E-state index contributed by atoms with van der Waals surface area (Å²) >= 11 is 5.91. The van der Waals surface area contributed by atoms with Gasteiger partial charge in [0.2, 0.25) is 15.9 Å². The Morgan fingerprint density at radius 3 is 2.41 bits per heavy atom. The summed E-state index contributed by atoms with van der Waals surface area (Å²) in [6.07, 6.45) is 4.38. The molecular formula is C15H21ClN2O3S. The van der Waals surface area contributed by atoms with Gasteiger partial charge >= 0.3 is 0 Å². The zero-order chi connectivity index (χ0) is 16.3. The Morgan fingerprint density at radius 2 is 1.95 bits per heavy atom. The van der Waals surface area contributed by atoms with Crippen molar-refractivity contribution in [3.05, 3.63) is 34.9 Å². The number of nitrogens with zero attached hydrogens (tertiary/aromatic N) is 1. The number of amides is 1. The van der Waals surface area contributed by atoms with Crippen LogP contribution in [0.5, 0.6) is 0 Å². The van der Waals surface area contributed by atoms with E-state index in [-0.39, 0.29) is 18.5 Å². The Labute approximate surface area is 136 Å². The van der Waals surface area contributed by atoms with Crippen LogP contribution < -0.4 is 5.32 Å². The zero-order valence-electron chi connectivity index (χ0n) is 12.8. The van der Waals surface area contributed by atoms with Crippen molar-refractivity contribution in [2.45, 2.75) is 25.3 Å². The largest absolute Gasteiger partial charge is 0.348 e. The van der Waals surface area contributed by atoms with Crippen LogP contribution in [0, 0.1) is 5.92 Å². The van der Waals surface area contributed by atoms with Gasteiger partial charge in [-0.05, 0) is 36.5 Å². The predicted octanol–water partition coefficient (Wildman–Crippen LogP) is 2.19. The minimum atomic E-state index is -3.36. The average molecular weight is 345 g/mol. The van der Waals surface area contributed by atoms with E-state index in [1.807, 2.05) is 12.1 Å². The smallest absolute Gasteiger partial charge is 0.235 e. The maximum atomic E-state index is 12.2. The molecule has 0 aliphatic heterocycles. The minimum Gasteiger partial charge on any atom is -0.348 e. The molecule has 0 spiro atoms. The van der Waals surface area contributed by atoms with Gasteiger partial charge in [0.15, 0.2) is 0 Å². The summed E-state index contributed by atoms with van der Waals surface area (Å²) in [6, 6.07) is 7.33. The molecule has 5 nitrogen and oxygen atoms in total. The third-order valence-electron chi connectivity index (χ3n) is 4.10. The van der Waals surface area contributed by atoms with Gasteiger partial charge in [0, 0.05) is 12.1 Å². The highest BCUT2D eigenvalue weighted by molar-refractivity contribution is 7.88. The number of sulfonamides is 1. The topological polar surface area (TPSA) is 66.5 Å². The molecule has 1 amide bonds. The molecule has 2 rings (SSSR count). The van der Waals surface area contributed by atoms with Crippen molar-refractivity contribution < 1.29 is 13.2 Å². The van der Waals surface area contributed by atoms with E-state index in [0.717, 1.165) is 35.4 Å². The van der Waals surface area contributed by atoms with Crippen LogP contribution in [-0.2, 0) is 14.8 Å². The molecule has 1 aliphatic rings. The molecular weight excluding hydrogens is 324 g/mol. The lowest BCUT2D eigenvalue weighted by molar-refractivity contribution is -0.122. The fraction of sp³-hybridized carbons (Fsp3) is 0.533. The van der Waals surface area contributed by atoms with Gasteiger partial charge in [-0.3, -0.25) is 4.79 Å². The summed E-state index contributed by atoms with van der Waals surface area (Å²) in [5.74, 6) is 0.105. The third-order valence-corrected chi connectivity index (χ3v) is 5.61. The number of carbonyl (C=O) groups is 1. The summed E-state index contributed by atoms with van der Waals surface area (Å²) in [5.41, 5.74) is 1.00. The van der Waals surface area contributed by atoms with Crippen LogP contribution in [0.4, 0.5) is 0 Å². The van der Waals surface area contributed by atoms with Crippen molar-refractivity contribution in [1.82, 2.24) is 9.62 Å². The zero-order valence-corrected chi connectivity index (χ0v) is 14.3. The Hall–Kier alpha value is -1.11. The number of hydrogen-bond donors (Lipinski definition) is 1. The van der Waals surface area contributed by atoms with Gasteiger partial charge in [0.1, 0.15) is 0 Å². The molecule has 1 aliphatic carbocycles. The molecule has 0 unspecified atom stereocenters. The third kappa shape index (κ3) is 4.44. The lowest BCUT2D eigenvalue weighted by Gasteiger charge is -2.35. The van der Waals surface area contributed by atoms with Crippen molar-refractivity contribution in [3.63, 3.8) is 0 Å². The number of benzene rings is 1. The molecule has 1 fully saturated rings. The van der Waals surface area contributed by atoms with Crippen molar-refractivity contribution >= 4 is 27.5 Å². The van der Waals surface area contributed by atoms with Crippen LogP contribution >= 0.6 is 11.6 Å². The molecule has 0 radical (unpaired) electrons. The van der Waals surface area contributed by atoms with E-state index in [9.17, 15) is 13.2 Å². The second kappa shape index (κ2) is 6.98. The van der Waals surface area contributed by atoms with Gasteiger partial charge in [0.05, 0.1) is 18.8 Å². The molecule has 1 N–H and O–H groups in total. The van der Waals surface area contributed by atoms with Gasteiger partial charge < -0.3 is 5.32 Å². The Bertz CT molecular complexity index is 627. The van der Waals surface area contributed by atoms with E-state index in [1.54, 1.807) is 12.1 Å². The second-order valence-electron chi connectivity index (χ2n) is 5.81. The van der Waals surface area contributed by atoms with Crippen LogP contribution in [0.15, 0.2) is 24.3 Å². The summed E-state index contributed by atoms with van der Waals surface area (Å²) in [6.45, 7) is -0.171. The van der Waals surface area contributed by atoms with Crippen molar-refractivity contribution in [3.8, 4) is 0 Å². The molecule has 0 heterocycles. The highest BCUT2D eigenvalue weighted by atomic mass is 35.5. The quantitative estimate of drug-likeness (QED) is 0.860. The number of carbonyl (C=O) groups excluding carboxylic acids is 1. The van der Waals surface area contributed by atoms with Gasteiger partial charge in [-0.1, -0.05) is 30.2 Å². The highest BCUT2D eigenvalue weighted by Crippen LogP contribution is 2.37. The fourth-order valence-corrected chi connectivity index (χ4v) is 2.93. The van der Waals surface area contributed by atoms with Gasteiger partial charge in [0.25, 0.3) is 0 Å². The van der Waals surface area contributed by atoms with Crippen molar-refractivity contribution in [2.75, 3.05) is 19.8 Å². The maximum absolute atomic E-state index is 12.2. The van der Waals surface area contributed by atoms with E-state index in [0.29, 0.717) is 10.9 Å². The van der Waals surface area contributed by atoms with Gasteiger partial charge in [-0.2, -0.15) is 4.31 Å². The summed E-state index contributed by atoms with van der Waals surface area (Å²) in [5, 5.41) is 3.62. The molecule has 1 atom stereocenters. The summed E-state index contributed by atoms with van der Waals surface area (Å²) in [7, 11) is -1.96. The van der Waals surface area contributed by atoms with Crippen LogP contribution in [0.3, 0.4) is 0 Å². The lowest BCUT2D eigenvalue weighted by atomic mass is 9.77. The maximum Gasteiger partial charge on any atom is 0.235 e. The SMILES string of the molecule is CN(CC(=O)N[C@H](c1ccc(Cl)cc1)C1CCC1)S(C)(=O)=O. The van der Waals surface area contributed by atoms with E-state index in [4.69, 9.17) is 11.6 Å². The number of likely N-dealkylation sites (N-methyl/N-ethyl adjacent to an activating group) is 1. The van der Waals surface area contributed by atoms with Crippen LogP contribution in [0.2, 0.25) is 5.02 Å². The lowest BCUT2D eigenvalue weighted by Crippen LogP contribution is -2.42. The second-order valence-corrected chi connectivity index (χ2v) is 8.33. The first kappa shape index (κ1) is 17.2. The van der Waals surface area contributed by atoms with Crippen LogP contribution in [0.1, 0.15) is 30.9 Å². The van der Waals surface area contributed by atoms with Crippen LogP contribution in [-0.4, -0.2) is 38.5 Å². The molecule has 1 aromatic carbocycles. The number of rotatable bonds is 6.